The molecular formula is C10H9IN2O. The van der Waals surface area contributed by atoms with Crippen molar-refractivity contribution in [1.29, 1.82) is 5.26 Å². The van der Waals surface area contributed by atoms with Gasteiger partial charge in [-0.2, -0.15) is 5.26 Å². The van der Waals surface area contributed by atoms with Crippen LogP contribution in [0.5, 0.6) is 5.75 Å². The molecule has 2 N–H and O–H groups in total. The van der Waals surface area contributed by atoms with Crippen LogP contribution in [0.4, 0.5) is 0 Å². The van der Waals surface area contributed by atoms with Gasteiger partial charge in [0.15, 0.2) is 0 Å². The fourth-order valence-corrected chi connectivity index (χ4v) is 2.31. The van der Waals surface area contributed by atoms with Crippen molar-refractivity contribution >= 4 is 22.6 Å². The van der Waals surface area contributed by atoms with Crippen molar-refractivity contribution in [3.63, 3.8) is 0 Å². The molecule has 14 heavy (non-hydrogen) atoms. The molecular weight excluding hydrogens is 291 g/mol. The number of nitrogens with zero attached hydrogens (tertiary/aromatic N) is 1. The molecule has 72 valence electrons. The normalized spacial score (nSPS) is 19.4. The Hall–Kier alpha value is -0.800. The number of rotatable bonds is 0. The molecule has 1 aromatic rings. The molecule has 0 bridgehead atoms. The highest BCUT2D eigenvalue weighted by molar-refractivity contribution is 14.1. The van der Waals surface area contributed by atoms with Crippen LogP contribution in [0, 0.1) is 14.9 Å². The van der Waals surface area contributed by atoms with Crippen LogP contribution in [-0.4, -0.2) is 6.61 Å². The topological polar surface area (TPSA) is 59.0 Å². The smallest absolute Gasteiger partial charge is 0.138 e. The van der Waals surface area contributed by atoms with Gasteiger partial charge >= 0.3 is 0 Å². The Labute approximate surface area is 96.0 Å². The Kier molecular flexibility index (Phi) is 2.61. The SMILES string of the molecule is N#Cc1ccc2c(c1I)OCCC2N. The zero-order valence-corrected chi connectivity index (χ0v) is 9.61. The molecule has 4 heteroatoms. The summed E-state index contributed by atoms with van der Waals surface area (Å²) in [4.78, 5) is 0. The highest BCUT2D eigenvalue weighted by atomic mass is 127. The van der Waals surface area contributed by atoms with Crippen LogP contribution in [0.3, 0.4) is 0 Å². The van der Waals surface area contributed by atoms with Gasteiger partial charge in [-0.25, -0.2) is 0 Å². The van der Waals surface area contributed by atoms with Gasteiger partial charge < -0.3 is 10.5 Å². The number of nitriles is 1. The van der Waals surface area contributed by atoms with Gasteiger partial charge in [0.25, 0.3) is 0 Å². The average Bonchev–Trinajstić information content (AvgIpc) is 2.20. The molecule has 2 rings (SSSR count). The van der Waals surface area contributed by atoms with Crippen molar-refractivity contribution in [3.05, 3.63) is 26.8 Å². The highest BCUT2D eigenvalue weighted by Gasteiger charge is 2.21. The molecule has 1 heterocycles. The zero-order chi connectivity index (χ0) is 10.1. The zero-order valence-electron chi connectivity index (χ0n) is 7.46. The van der Waals surface area contributed by atoms with Gasteiger partial charge in [-0.1, -0.05) is 6.07 Å². The van der Waals surface area contributed by atoms with E-state index in [9.17, 15) is 0 Å². The van der Waals surface area contributed by atoms with E-state index in [0.29, 0.717) is 12.2 Å². The Morgan fingerprint density at radius 3 is 3.07 bits per heavy atom. The van der Waals surface area contributed by atoms with E-state index >= 15 is 0 Å². The summed E-state index contributed by atoms with van der Waals surface area (Å²) in [6.45, 7) is 0.638. The second kappa shape index (κ2) is 3.75. The number of benzene rings is 1. The monoisotopic (exact) mass is 300 g/mol. The second-order valence-electron chi connectivity index (χ2n) is 3.20. The first-order chi connectivity index (χ1) is 6.74. The second-order valence-corrected chi connectivity index (χ2v) is 4.28. The minimum absolute atomic E-state index is 0.0417. The van der Waals surface area contributed by atoms with Crippen molar-refractivity contribution in [2.75, 3.05) is 6.61 Å². The number of fused-ring (bicyclic) bond motifs is 1. The Morgan fingerprint density at radius 2 is 2.36 bits per heavy atom. The molecule has 3 nitrogen and oxygen atoms in total. The lowest BCUT2D eigenvalue weighted by molar-refractivity contribution is 0.267. The Bertz CT molecular complexity index is 411. The predicted octanol–water partition coefficient (Wildman–Crippen LogP) is 1.95. The summed E-state index contributed by atoms with van der Waals surface area (Å²) in [6.07, 6.45) is 0.842. The summed E-state index contributed by atoms with van der Waals surface area (Å²) < 4.78 is 6.40. The molecule has 0 saturated heterocycles. The molecule has 0 saturated carbocycles. The molecule has 0 spiro atoms. The lowest BCUT2D eigenvalue weighted by atomic mass is 10.00. The standard InChI is InChI=1S/C10H9IN2O/c11-9-6(5-12)1-2-7-8(13)3-4-14-10(7)9/h1-2,8H,3-4,13H2. The highest BCUT2D eigenvalue weighted by Crippen LogP contribution is 2.35. The van der Waals surface area contributed by atoms with E-state index in [4.69, 9.17) is 15.7 Å². The maximum Gasteiger partial charge on any atom is 0.138 e. The lowest BCUT2D eigenvalue weighted by Crippen LogP contribution is -2.21. The summed E-state index contributed by atoms with van der Waals surface area (Å²) in [5.41, 5.74) is 7.61. The molecule has 0 aromatic heterocycles. The maximum atomic E-state index is 8.84. The molecule has 1 aliphatic rings. The van der Waals surface area contributed by atoms with E-state index in [2.05, 4.69) is 28.7 Å². The molecule has 1 unspecified atom stereocenters. The van der Waals surface area contributed by atoms with Gasteiger partial charge in [0.2, 0.25) is 0 Å². The summed E-state index contributed by atoms with van der Waals surface area (Å²) in [7, 11) is 0. The van der Waals surface area contributed by atoms with Crippen molar-refractivity contribution < 1.29 is 4.74 Å². The summed E-state index contributed by atoms with van der Waals surface area (Å²) in [5, 5.41) is 8.84. The number of ether oxygens (including phenoxy) is 1. The van der Waals surface area contributed by atoms with Crippen molar-refractivity contribution in [2.24, 2.45) is 5.73 Å². The first kappa shape index (κ1) is 9.74. The van der Waals surface area contributed by atoms with Gasteiger partial charge in [0.05, 0.1) is 15.7 Å². The van der Waals surface area contributed by atoms with Crippen LogP contribution in [0.2, 0.25) is 0 Å². The van der Waals surface area contributed by atoms with Crippen molar-refractivity contribution in [2.45, 2.75) is 12.5 Å². The van der Waals surface area contributed by atoms with Gasteiger partial charge in [-0.05, 0) is 28.7 Å². The van der Waals surface area contributed by atoms with Gasteiger partial charge in [-0.3, -0.25) is 0 Å². The molecule has 1 aromatic carbocycles. The number of hydrogen-bond donors (Lipinski definition) is 1. The van der Waals surface area contributed by atoms with E-state index in [0.717, 1.165) is 21.3 Å². The Balaban J connectivity index is 2.59. The number of nitrogens with two attached hydrogens (primary N) is 1. The number of hydrogen-bond acceptors (Lipinski definition) is 3. The molecule has 0 fully saturated rings. The largest absolute Gasteiger partial charge is 0.492 e. The van der Waals surface area contributed by atoms with E-state index in [1.807, 2.05) is 6.07 Å². The summed E-state index contributed by atoms with van der Waals surface area (Å²) in [6, 6.07) is 5.86. The third-order valence-electron chi connectivity index (χ3n) is 2.32. The fourth-order valence-electron chi connectivity index (χ4n) is 1.54. The molecule has 0 amide bonds. The van der Waals surface area contributed by atoms with Crippen LogP contribution < -0.4 is 10.5 Å². The third-order valence-corrected chi connectivity index (χ3v) is 3.39. The first-order valence-corrected chi connectivity index (χ1v) is 5.43. The van der Waals surface area contributed by atoms with E-state index in [1.165, 1.54) is 0 Å². The van der Waals surface area contributed by atoms with Crippen molar-refractivity contribution in [1.82, 2.24) is 0 Å². The van der Waals surface area contributed by atoms with Gasteiger partial charge in [0, 0.05) is 18.0 Å². The lowest BCUT2D eigenvalue weighted by Gasteiger charge is -2.24. The van der Waals surface area contributed by atoms with Crippen LogP contribution in [0.25, 0.3) is 0 Å². The average molecular weight is 300 g/mol. The first-order valence-electron chi connectivity index (χ1n) is 4.35. The molecule has 0 radical (unpaired) electrons. The van der Waals surface area contributed by atoms with Crippen LogP contribution >= 0.6 is 22.6 Å². The van der Waals surface area contributed by atoms with Crippen molar-refractivity contribution in [3.8, 4) is 11.8 Å². The quantitative estimate of drug-likeness (QED) is 0.745. The van der Waals surface area contributed by atoms with Crippen LogP contribution in [0.1, 0.15) is 23.6 Å². The van der Waals surface area contributed by atoms with E-state index in [1.54, 1.807) is 6.07 Å². The maximum absolute atomic E-state index is 8.84. The minimum atomic E-state index is 0.0417. The molecule has 1 aliphatic heterocycles. The van der Waals surface area contributed by atoms with E-state index in [-0.39, 0.29) is 6.04 Å². The third kappa shape index (κ3) is 1.47. The van der Waals surface area contributed by atoms with Crippen LogP contribution in [0.15, 0.2) is 12.1 Å². The molecule has 1 atom stereocenters. The van der Waals surface area contributed by atoms with E-state index < -0.39 is 0 Å². The Morgan fingerprint density at radius 1 is 1.57 bits per heavy atom. The minimum Gasteiger partial charge on any atom is -0.492 e. The predicted molar refractivity (Wildman–Crippen MR) is 60.9 cm³/mol. The van der Waals surface area contributed by atoms with Gasteiger partial charge in [0.1, 0.15) is 11.8 Å². The number of halogens is 1. The molecule has 0 aliphatic carbocycles. The van der Waals surface area contributed by atoms with Gasteiger partial charge in [-0.15, -0.1) is 0 Å². The fraction of sp³-hybridized carbons (Fsp3) is 0.300. The summed E-state index contributed by atoms with van der Waals surface area (Å²) in [5.74, 6) is 0.795. The van der Waals surface area contributed by atoms with Crippen LogP contribution in [-0.2, 0) is 0 Å². The summed E-state index contributed by atoms with van der Waals surface area (Å²) >= 11 is 2.13.